The lowest BCUT2D eigenvalue weighted by atomic mass is 9.96. The highest BCUT2D eigenvalue weighted by molar-refractivity contribution is 6.30. The molecule has 2 atom stereocenters. The zero-order chi connectivity index (χ0) is 29.6. The number of aliphatic hydroxyl groups excluding tert-OH is 1. The fraction of sp³-hybridized carbons (Fsp3) is 0.323. The molecule has 5 rings (SSSR count). The number of aliphatic hydroxyl groups is 1. The van der Waals surface area contributed by atoms with Crippen LogP contribution in [0.4, 0.5) is 0 Å². The van der Waals surface area contributed by atoms with Crippen LogP contribution in [0.5, 0.6) is 5.75 Å². The Morgan fingerprint density at radius 3 is 2.57 bits per heavy atom. The molecular weight excluding hydrogens is 554 g/mol. The van der Waals surface area contributed by atoms with E-state index in [1.807, 2.05) is 54.8 Å². The molecule has 11 heteroatoms. The minimum absolute atomic E-state index is 0.117. The van der Waals surface area contributed by atoms with Gasteiger partial charge < -0.3 is 19.5 Å². The van der Waals surface area contributed by atoms with Gasteiger partial charge in [-0.25, -0.2) is 4.98 Å². The van der Waals surface area contributed by atoms with Crippen molar-refractivity contribution >= 4 is 11.6 Å². The fourth-order valence-corrected chi connectivity index (χ4v) is 5.35. The van der Waals surface area contributed by atoms with E-state index in [4.69, 9.17) is 16.3 Å². The maximum atomic E-state index is 11.4. The number of nitrogens with zero attached hydrogens (tertiary/aromatic N) is 7. The van der Waals surface area contributed by atoms with Gasteiger partial charge in [0.05, 0.1) is 5.69 Å². The Kier molecular flexibility index (Phi) is 9.26. The molecule has 0 spiro atoms. The zero-order valence-corrected chi connectivity index (χ0v) is 24.6. The van der Waals surface area contributed by atoms with E-state index in [0.29, 0.717) is 31.1 Å². The zero-order valence-electron chi connectivity index (χ0n) is 23.9. The summed E-state index contributed by atoms with van der Waals surface area (Å²) in [6, 6.07) is 19.3. The van der Waals surface area contributed by atoms with E-state index in [9.17, 15) is 10.2 Å². The number of aromatic nitrogens is 7. The SMILES string of the molecule is CCCCc1nc(Cl)c(C(O)c2ncccc2O)n1Cc1ccc(-c2ccccc2)c(-c2nnnn2C(C)OCC)c1. The van der Waals surface area contributed by atoms with E-state index in [1.165, 1.54) is 12.3 Å². The summed E-state index contributed by atoms with van der Waals surface area (Å²) >= 11 is 6.65. The molecule has 0 aliphatic carbocycles. The van der Waals surface area contributed by atoms with Crippen molar-refractivity contribution in [2.45, 2.75) is 58.9 Å². The third-order valence-electron chi connectivity index (χ3n) is 7.12. The van der Waals surface area contributed by atoms with Gasteiger partial charge in [0.2, 0.25) is 0 Å². The Labute approximate surface area is 249 Å². The van der Waals surface area contributed by atoms with Crippen molar-refractivity contribution in [3.63, 3.8) is 0 Å². The maximum Gasteiger partial charge on any atom is 0.185 e. The van der Waals surface area contributed by atoms with Crippen LogP contribution in [0.25, 0.3) is 22.5 Å². The molecule has 0 saturated heterocycles. The molecule has 0 radical (unpaired) electrons. The highest BCUT2D eigenvalue weighted by atomic mass is 35.5. The second kappa shape index (κ2) is 13.2. The lowest BCUT2D eigenvalue weighted by Crippen LogP contribution is -2.15. The van der Waals surface area contributed by atoms with Gasteiger partial charge in [0.15, 0.2) is 17.2 Å². The Morgan fingerprint density at radius 1 is 1.02 bits per heavy atom. The first kappa shape index (κ1) is 29.4. The highest BCUT2D eigenvalue weighted by Crippen LogP contribution is 2.36. The van der Waals surface area contributed by atoms with E-state index < -0.39 is 6.10 Å². The second-order valence-electron chi connectivity index (χ2n) is 9.95. The summed E-state index contributed by atoms with van der Waals surface area (Å²) in [5.74, 6) is 1.20. The third-order valence-corrected chi connectivity index (χ3v) is 7.40. The Balaban J connectivity index is 1.63. The number of halogens is 1. The summed E-state index contributed by atoms with van der Waals surface area (Å²) in [6.45, 7) is 6.83. The minimum atomic E-state index is -1.27. The first-order chi connectivity index (χ1) is 20.4. The molecular formula is C31H34ClN7O3. The smallest absolute Gasteiger partial charge is 0.185 e. The van der Waals surface area contributed by atoms with Crippen molar-refractivity contribution in [3.05, 3.63) is 94.8 Å². The van der Waals surface area contributed by atoms with Crippen molar-refractivity contribution < 1.29 is 14.9 Å². The standard InChI is InChI=1S/C31H34ClN7O3/c1-4-6-14-26-34-30(32)28(29(41)27-25(40)13-10-17-33-27)38(26)19-21-15-16-23(22-11-8-7-9-12-22)24(18-21)31-35-36-37-39(31)20(3)42-5-2/h7-13,15-18,20,29,40-41H,4-6,14,19H2,1-3H3. The molecule has 0 saturated carbocycles. The number of benzene rings is 2. The molecule has 218 valence electrons. The summed E-state index contributed by atoms with van der Waals surface area (Å²) < 4.78 is 9.40. The number of aryl methyl sites for hydroxylation is 1. The van der Waals surface area contributed by atoms with Crippen LogP contribution in [0.2, 0.25) is 5.15 Å². The predicted molar refractivity (Wildman–Crippen MR) is 160 cm³/mol. The third kappa shape index (κ3) is 6.06. The van der Waals surface area contributed by atoms with Crippen LogP contribution in [-0.2, 0) is 17.7 Å². The lowest BCUT2D eigenvalue weighted by Gasteiger charge is -2.19. The van der Waals surface area contributed by atoms with Gasteiger partial charge in [-0.1, -0.05) is 67.4 Å². The lowest BCUT2D eigenvalue weighted by molar-refractivity contribution is 0.0159. The van der Waals surface area contributed by atoms with Crippen molar-refractivity contribution in [3.8, 4) is 28.3 Å². The predicted octanol–water partition coefficient (Wildman–Crippen LogP) is 5.99. The van der Waals surface area contributed by atoms with E-state index in [-0.39, 0.29) is 22.8 Å². The monoisotopic (exact) mass is 587 g/mol. The molecule has 0 aliphatic heterocycles. The topological polar surface area (TPSA) is 124 Å². The van der Waals surface area contributed by atoms with Crippen molar-refractivity contribution in [2.24, 2.45) is 0 Å². The molecule has 0 bridgehead atoms. The molecule has 0 amide bonds. The molecule has 2 unspecified atom stereocenters. The average molecular weight is 588 g/mol. The number of imidazole rings is 1. The summed E-state index contributed by atoms with van der Waals surface area (Å²) in [7, 11) is 0. The number of hydrogen-bond donors (Lipinski definition) is 2. The summed E-state index contributed by atoms with van der Waals surface area (Å²) in [5.41, 5.74) is 4.24. The molecule has 5 aromatic rings. The normalized spacial score (nSPS) is 12.9. The fourth-order valence-electron chi connectivity index (χ4n) is 5.05. The van der Waals surface area contributed by atoms with Gasteiger partial charge in [0.25, 0.3) is 0 Å². The number of ether oxygens (including phenoxy) is 1. The largest absolute Gasteiger partial charge is 0.506 e. The highest BCUT2D eigenvalue weighted by Gasteiger charge is 2.27. The first-order valence-corrected chi connectivity index (χ1v) is 14.5. The molecule has 0 fully saturated rings. The second-order valence-corrected chi connectivity index (χ2v) is 10.3. The van der Waals surface area contributed by atoms with Gasteiger partial charge in [0.1, 0.15) is 23.4 Å². The number of rotatable bonds is 12. The first-order valence-electron chi connectivity index (χ1n) is 14.1. The van der Waals surface area contributed by atoms with Gasteiger partial charge in [0, 0.05) is 31.3 Å². The molecule has 42 heavy (non-hydrogen) atoms. The van der Waals surface area contributed by atoms with Gasteiger partial charge >= 0.3 is 0 Å². The Bertz CT molecular complexity index is 1640. The van der Waals surface area contributed by atoms with E-state index >= 15 is 0 Å². The van der Waals surface area contributed by atoms with E-state index in [2.05, 4.69) is 44.5 Å². The molecule has 3 heterocycles. The van der Waals surface area contributed by atoms with Gasteiger partial charge in [-0.3, -0.25) is 4.98 Å². The number of unbranched alkanes of at least 4 members (excludes halogenated alkanes) is 1. The van der Waals surface area contributed by atoms with Crippen LogP contribution in [0.15, 0.2) is 66.9 Å². The van der Waals surface area contributed by atoms with Crippen LogP contribution in [0.1, 0.15) is 68.7 Å². The molecule has 10 nitrogen and oxygen atoms in total. The van der Waals surface area contributed by atoms with Crippen LogP contribution in [-0.4, -0.2) is 51.6 Å². The van der Waals surface area contributed by atoms with Crippen LogP contribution >= 0.6 is 11.6 Å². The molecule has 0 aliphatic rings. The number of hydrogen-bond acceptors (Lipinski definition) is 8. The Morgan fingerprint density at radius 2 is 1.83 bits per heavy atom. The maximum absolute atomic E-state index is 11.4. The number of pyridine rings is 1. The van der Waals surface area contributed by atoms with Gasteiger partial charge in [-0.05, 0) is 65.6 Å². The van der Waals surface area contributed by atoms with Crippen molar-refractivity contribution in [1.82, 2.24) is 34.7 Å². The summed E-state index contributed by atoms with van der Waals surface area (Å²) in [6.07, 6.45) is 2.43. The van der Waals surface area contributed by atoms with E-state index in [0.717, 1.165) is 40.9 Å². The molecule has 3 aromatic heterocycles. The number of tetrazole rings is 1. The van der Waals surface area contributed by atoms with Crippen LogP contribution in [0.3, 0.4) is 0 Å². The van der Waals surface area contributed by atoms with Crippen molar-refractivity contribution in [1.29, 1.82) is 0 Å². The minimum Gasteiger partial charge on any atom is -0.506 e. The Hall–Kier alpha value is -4.12. The van der Waals surface area contributed by atoms with Gasteiger partial charge in [-0.15, -0.1) is 5.10 Å². The molecule has 2 N–H and O–H groups in total. The quantitative estimate of drug-likeness (QED) is 0.182. The number of aromatic hydroxyl groups is 1. The summed E-state index contributed by atoms with van der Waals surface area (Å²) in [5, 5.41) is 34.6. The van der Waals surface area contributed by atoms with Crippen LogP contribution < -0.4 is 0 Å². The molecule has 2 aromatic carbocycles. The van der Waals surface area contributed by atoms with Crippen LogP contribution in [0, 0.1) is 0 Å². The average Bonchev–Trinajstić information content (AvgIpc) is 3.61. The van der Waals surface area contributed by atoms with E-state index in [1.54, 1.807) is 10.7 Å². The van der Waals surface area contributed by atoms with Gasteiger partial charge in [-0.2, -0.15) is 4.68 Å². The van der Waals surface area contributed by atoms with Crippen molar-refractivity contribution in [2.75, 3.05) is 6.61 Å². The summed E-state index contributed by atoms with van der Waals surface area (Å²) in [4.78, 5) is 8.83.